The molecule has 0 rings (SSSR count). The van der Waals surface area contributed by atoms with Crippen LogP contribution in [0.15, 0.2) is 0 Å². The third-order valence-electron chi connectivity index (χ3n) is 0. The Labute approximate surface area is 94.1 Å². The molecule has 0 aromatic heterocycles. The third-order valence-corrected chi connectivity index (χ3v) is 0. The third kappa shape index (κ3) is 361. The van der Waals surface area contributed by atoms with Crippen LogP contribution in [-0.4, -0.2) is 46.7 Å². The van der Waals surface area contributed by atoms with Crippen LogP contribution in [0.5, 0.6) is 0 Å². The summed E-state index contributed by atoms with van der Waals surface area (Å²) in [7, 11) is 20.1. The molecule has 0 amide bonds. The van der Waals surface area contributed by atoms with Crippen LogP contribution < -0.4 is 0 Å². The van der Waals surface area contributed by atoms with Crippen LogP contribution in [0.1, 0.15) is 0 Å². The second-order valence-corrected chi connectivity index (χ2v) is 25.9. The maximum atomic E-state index is 5.04. The van der Waals surface area contributed by atoms with Crippen LogP contribution in [0.4, 0.5) is 0 Å². The van der Waals surface area contributed by atoms with E-state index in [1.165, 1.54) is 0 Å². The van der Waals surface area contributed by atoms with Crippen LogP contribution in [0, 0.1) is 0 Å². The molecule has 12 heteroatoms. The van der Waals surface area contributed by atoms with Gasteiger partial charge in [0.25, 0.3) is 0 Å². The van der Waals surface area contributed by atoms with Gasteiger partial charge in [-0.3, -0.25) is 0 Å². The molecule has 0 heterocycles. The molecule has 0 aliphatic carbocycles. The fourth-order valence-corrected chi connectivity index (χ4v) is 0. The predicted molar refractivity (Wildman–Crippen MR) is 58.1 cm³/mol. The molecule has 0 spiro atoms. The van der Waals surface area contributed by atoms with Gasteiger partial charge in [0.1, 0.15) is 0 Å². The van der Waals surface area contributed by atoms with E-state index in [0.29, 0.717) is 0 Å². The Balaban J connectivity index is -0.00000000381. The molecule has 0 saturated heterocycles. The Hall–Kier alpha value is 2.01. The topological polar surface area (TPSA) is 189 Å². The molecule has 0 aliphatic heterocycles. The molecule has 0 unspecified atom stereocenters. The first-order valence-electron chi connectivity index (χ1n) is 0.756. The number of halogens is 5. The summed E-state index contributed by atoms with van der Waals surface area (Å²) in [6.07, 6.45) is 0. The monoisotopic (exact) mass is 404 g/mol. The Morgan fingerprint density at radius 3 is 0.500 bits per heavy atom. The summed E-state index contributed by atoms with van der Waals surface area (Å²) in [5, 5.41) is 0. The Morgan fingerprint density at radius 2 is 0.500 bits per heavy atom. The van der Waals surface area contributed by atoms with Gasteiger partial charge >= 0.3 is 49.6 Å². The summed E-state index contributed by atoms with van der Waals surface area (Å²) < 4.78 is 0. The Bertz CT molecular complexity index is 31.4. The molecule has 0 aromatic carbocycles. The first kappa shape index (κ1) is 65.7. The molecular weight excluding hydrogens is 392 g/mol. The zero-order valence-electron chi connectivity index (χ0n) is 5.42. The van der Waals surface area contributed by atoms with Crippen LogP contribution in [-0.2, 0) is 0 Å². The van der Waals surface area contributed by atoms with E-state index in [-0.39, 0.29) is 45.3 Å². The first-order chi connectivity index (χ1) is 2.00. The van der Waals surface area contributed by atoms with Crippen molar-refractivity contribution in [3.63, 3.8) is 0 Å². The van der Waals surface area contributed by atoms with E-state index < -0.39 is 13.9 Å². The molecule has 0 fully saturated rings. The van der Waals surface area contributed by atoms with Gasteiger partial charge in [0.2, 0.25) is 0 Å². The normalized spacial score (nSPS) is 5.00. The van der Waals surface area contributed by atoms with Crippen molar-refractivity contribution < 1.29 is 32.9 Å². The van der Waals surface area contributed by atoms with Gasteiger partial charge in [-0.15, -0.1) is 12.4 Å². The summed E-state index contributed by atoms with van der Waals surface area (Å²) in [6.45, 7) is 0. The molecule has 0 aromatic rings. The molecule has 88 valence electrons. The minimum absolute atomic E-state index is 0. The van der Waals surface area contributed by atoms with Crippen molar-refractivity contribution in [2.24, 2.45) is 0 Å². The van der Waals surface area contributed by atoms with Gasteiger partial charge in [-0.05, 0) is 0 Å². The van der Waals surface area contributed by atoms with Gasteiger partial charge in [0.05, 0.1) is 0 Å². The fraction of sp³-hybridized carbons (Fsp3) is 0. The molecule has 0 bridgehead atoms. The zero-order valence-corrected chi connectivity index (χ0v) is 12.1. The average Bonchev–Trinajstić information content (AvgIpc) is 0.722. The molecule has 0 radical (unpaired) electrons. The first-order valence-corrected chi connectivity index (χ1v) is 15.2. The van der Waals surface area contributed by atoms with Crippen molar-refractivity contribution in [3.05, 3.63) is 0 Å². The average molecular weight is 405 g/mol. The van der Waals surface area contributed by atoms with E-state index in [9.17, 15) is 0 Å². The minimum atomic E-state index is -3.29. The van der Waals surface area contributed by atoms with Gasteiger partial charge in [0.15, 0.2) is 0 Å². The van der Waals surface area contributed by atoms with E-state index in [1.54, 1.807) is 0 Å². The number of rotatable bonds is 0. The van der Waals surface area contributed by atoms with Crippen molar-refractivity contribution in [2.75, 3.05) is 0 Å². The summed E-state index contributed by atoms with van der Waals surface area (Å²) in [6, 6.07) is 0. The summed E-state index contributed by atoms with van der Waals surface area (Å²) in [4.78, 5) is 0. The van der Waals surface area contributed by atoms with Crippen LogP contribution in [0.2, 0.25) is 0 Å². The van der Waals surface area contributed by atoms with E-state index in [0.717, 1.165) is 0 Å². The van der Waals surface area contributed by atoms with Crippen LogP contribution in [0.3, 0.4) is 0 Å². The molecule has 12 heavy (non-hydrogen) atoms. The van der Waals surface area contributed by atoms with E-state index in [4.69, 9.17) is 35.7 Å². The molecule has 0 saturated carbocycles. The Morgan fingerprint density at radius 1 is 0.500 bits per heavy atom. The Kier molecular flexibility index (Phi) is 160. The summed E-state index contributed by atoms with van der Waals surface area (Å²) in [5.41, 5.74) is 0. The fourth-order valence-electron chi connectivity index (χ4n) is 0. The summed E-state index contributed by atoms with van der Waals surface area (Å²) in [5.74, 6) is 0. The van der Waals surface area contributed by atoms with E-state index >= 15 is 0 Å². The standard InChI is InChI=1S/5ClH.6H2O.Sn/h5*1H;6*1H2;/q;;;;;;;;;;;+4/p-4. The second kappa shape index (κ2) is 29.2. The second-order valence-electron chi connectivity index (χ2n) is 0.429. The quantitative estimate of drug-likeness (QED) is 0.398. The molecular formula is H13Cl5O6Sn. The van der Waals surface area contributed by atoms with E-state index in [1.807, 2.05) is 0 Å². The molecule has 0 aliphatic rings. The molecule has 6 nitrogen and oxygen atoms in total. The van der Waals surface area contributed by atoms with E-state index in [2.05, 4.69) is 0 Å². The van der Waals surface area contributed by atoms with Gasteiger partial charge in [-0.1, -0.05) is 0 Å². The van der Waals surface area contributed by atoms with Crippen molar-refractivity contribution >= 4 is 62.0 Å². The number of hydrogen-bond acceptors (Lipinski definition) is 0. The van der Waals surface area contributed by atoms with Crippen LogP contribution >= 0.6 is 48.1 Å². The SMILES string of the molecule is Cl.O.O.O.O.O.O.[Cl][Sn]([Cl])([Cl])[Cl]. The maximum absolute atomic E-state index is 5.04. The summed E-state index contributed by atoms with van der Waals surface area (Å²) >= 11 is -3.29. The molecule has 12 N–H and O–H groups in total. The van der Waals surface area contributed by atoms with Crippen LogP contribution in [0.25, 0.3) is 0 Å². The van der Waals surface area contributed by atoms with Gasteiger partial charge in [-0.2, -0.15) is 0 Å². The number of hydrogen-bond donors (Lipinski definition) is 0. The van der Waals surface area contributed by atoms with Gasteiger partial charge < -0.3 is 32.9 Å². The van der Waals surface area contributed by atoms with Gasteiger partial charge in [-0.25, -0.2) is 0 Å². The van der Waals surface area contributed by atoms with Crippen molar-refractivity contribution in [3.8, 4) is 0 Å². The van der Waals surface area contributed by atoms with Crippen molar-refractivity contribution in [2.45, 2.75) is 0 Å². The van der Waals surface area contributed by atoms with Crippen molar-refractivity contribution in [1.29, 1.82) is 0 Å². The van der Waals surface area contributed by atoms with Crippen molar-refractivity contribution in [1.82, 2.24) is 0 Å². The zero-order chi connectivity index (χ0) is 4.50. The molecule has 0 atom stereocenters. The predicted octanol–water partition coefficient (Wildman–Crippen LogP) is -2.15. The van der Waals surface area contributed by atoms with Gasteiger partial charge in [0, 0.05) is 0 Å².